The van der Waals surface area contributed by atoms with Crippen molar-refractivity contribution in [2.24, 2.45) is 9.98 Å². The molecule has 1 fully saturated rings. The number of ether oxygens (including phenoxy) is 1. The maximum Gasteiger partial charge on any atom is 0.214 e. The van der Waals surface area contributed by atoms with Gasteiger partial charge in [-0.2, -0.15) is 0 Å². The Hall–Kier alpha value is -3.26. The van der Waals surface area contributed by atoms with Crippen molar-refractivity contribution in [3.05, 3.63) is 82.7 Å². The molecular weight excluding hydrogens is 464 g/mol. The molecule has 3 aliphatic heterocycles. The normalized spacial score (nSPS) is 21.6. The summed E-state index contributed by atoms with van der Waals surface area (Å²) in [5.41, 5.74) is 3.11. The van der Waals surface area contributed by atoms with Crippen LogP contribution in [0.4, 0.5) is 0 Å². The van der Waals surface area contributed by atoms with Gasteiger partial charge in [-0.05, 0) is 43.3 Å². The second-order valence-corrected chi connectivity index (χ2v) is 9.14. The van der Waals surface area contributed by atoms with E-state index in [1.54, 1.807) is 24.4 Å². The molecule has 2 atom stereocenters. The van der Waals surface area contributed by atoms with Gasteiger partial charge in [-0.3, -0.25) is 19.7 Å². The molecule has 8 heteroatoms. The summed E-state index contributed by atoms with van der Waals surface area (Å²) in [6, 6.07) is 14.6. The summed E-state index contributed by atoms with van der Waals surface area (Å²) in [5.74, 6) is 0.989. The Morgan fingerprint density at radius 3 is 2.77 bits per heavy atom. The lowest BCUT2D eigenvalue weighted by atomic mass is 9.96. The summed E-state index contributed by atoms with van der Waals surface area (Å²) < 4.78 is 5.85. The van der Waals surface area contributed by atoms with Gasteiger partial charge in [-0.25, -0.2) is 0 Å². The van der Waals surface area contributed by atoms with Crippen molar-refractivity contribution < 1.29 is 14.6 Å². The number of aliphatic hydroxyl groups excluding tert-OH is 1. The Labute approximate surface area is 209 Å². The van der Waals surface area contributed by atoms with E-state index in [1.165, 1.54) is 0 Å². The molecular formula is C27H27ClN4O3. The van der Waals surface area contributed by atoms with E-state index < -0.39 is 0 Å². The standard InChI is InChI=1S/C27H27ClN4O3/c1-2-32-15-17(12-18(32)16-33)31-25-22-10-11-29-24(22)14-30-26(25)27(34)21-9-8-20(13-23(21)28)35-19-6-4-3-5-7-19/h3-11,13,17-18,31,33H,2,12,14-16H2,1H3. The molecule has 0 amide bonds. The van der Waals surface area contributed by atoms with Crippen LogP contribution in [0.15, 0.2) is 82.1 Å². The molecule has 0 spiro atoms. The zero-order valence-corrected chi connectivity index (χ0v) is 20.2. The van der Waals surface area contributed by atoms with Crippen molar-refractivity contribution in [2.45, 2.75) is 25.4 Å². The van der Waals surface area contributed by atoms with E-state index in [0.29, 0.717) is 40.0 Å². The fraction of sp³-hybridized carbons (Fsp3) is 0.296. The number of benzene rings is 2. The molecule has 35 heavy (non-hydrogen) atoms. The number of nitrogens with one attached hydrogen (secondary N) is 1. The smallest absolute Gasteiger partial charge is 0.214 e. The van der Waals surface area contributed by atoms with Crippen LogP contribution < -0.4 is 10.1 Å². The maximum atomic E-state index is 13.7. The van der Waals surface area contributed by atoms with Crippen LogP contribution in [-0.2, 0) is 0 Å². The first kappa shape index (κ1) is 23.5. The minimum Gasteiger partial charge on any atom is -0.457 e. The van der Waals surface area contributed by atoms with E-state index in [9.17, 15) is 9.90 Å². The second kappa shape index (κ2) is 10.2. The molecule has 2 unspecified atom stereocenters. The summed E-state index contributed by atoms with van der Waals surface area (Å²) in [6.45, 7) is 4.17. The number of fused-ring (bicyclic) bond motifs is 1. The number of nitrogens with zero attached hydrogens (tertiary/aromatic N) is 3. The van der Waals surface area contributed by atoms with Crippen molar-refractivity contribution in [1.29, 1.82) is 0 Å². The second-order valence-electron chi connectivity index (χ2n) is 8.73. The first-order valence-electron chi connectivity index (χ1n) is 11.8. The molecule has 2 N–H and O–H groups in total. The van der Waals surface area contributed by atoms with E-state index in [2.05, 4.69) is 27.1 Å². The Balaban J connectivity index is 1.40. The van der Waals surface area contributed by atoms with Crippen LogP contribution in [0, 0.1) is 0 Å². The number of Topliss-reactive ketones (excluding diaryl/α,β-unsaturated/α-hetero) is 1. The highest BCUT2D eigenvalue weighted by molar-refractivity contribution is 6.55. The number of likely N-dealkylation sites (tertiary alicyclic amines) is 1. The fourth-order valence-electron chi connectivity index (χ4n) is 4.78. The number of carbonyl (C=O) groups is 1. The van der Waals surface area contributed by atoms with Crippen LogP contribution >= 0.6 is 11.6 Å². The number of hydrogen-bond donors (Lipinski definition) is 2. The number of para-hydroxylation sites is 1. The molecule has 2 aromatic rings. The van der Waals surface area contributed by atoms with Crippen LogP contribution in [0.1, 0.15) is 23.7 Å². The summed E-state index contributed by atoms with van der Waals surface area (Å²) >= 11 is 6.55. The highest BCUT2D eigenvalue weighted by Gasteiger charge is 2.35. The Morgan fingerprint density at radius 1 is 1.23 bits per heavy atom. The van der Waals surface area contributed by atoms with Crippen molar-refractivity contribution >= 4 is 28.8 Å². The molecule has 0 aliphatic carbocycles. The van der Waals surface area contributed by atoms with Gasteiger partial charge in [0.15, 0.2) is 0 Å². The van der Waals surface area contributed by atoms with E-state index in [-0.39, 0.29) is 24.5 Å². The molecule has 0 aromatic heterocycles. The van der Waals surface area contributed by atoms with E-state index in [0.717, 1.165) is 30.8 Å². The van der Waals surface area contributed by atoms with E-state index in [4.69, 9.17) is 16.3 Å². The fourth-order valence-corrected chi connectivity index (χ4v) is 5.04. The third kappa shape index (κ3) is 4.80. The first-order chi connectivity index (χ1) is 17.1. The Kier molecular flexibility index (Phi) is 6.81. The Morgan fingerprint density at radius 2 is 2.06 bits per heavy atom. The quantitative estimate of drug-likeness (QED) is 0.545. The molecule has 1 saturated heterocycles. The number of rotatable bonds is 8. The molecule has 0 bridgehead atoms. The van der Waals surface area contributed by atoms with Gasteiger partial charge in [-0.1, -0.05) is 36.7 Å². The van der Waals surface area contributed by atoms with Gasteiger partial charge in [0, 0.05) is 42.0 Å². The average molecular weight is 491 g/mol. The summed E-state index contributed by atoms with van der Waals surface area (Å²) in [7, 11) is 0. The first-order valence-corrected chi connectivity index (χ1v) is 12.2. The van der Waals surface area contributed by atoms with Crippen LogP contribution in [0.25, 0.3) is 0 Å². The third-order valence-electron chi connectivity index (χ3n) is 6.55. The lowest BCUT2D eigenvalue weighted by Crippen LogP contribution is -2.40. The molecule has 3 heterocycles. The van der Waals surface area contributed by atoms with Crippen molar-refractivity contribution in [2.75, 3.05) is 26.2 Å². The zero-order chi connectivity index (χ0) is 24.4. The number of dihydropyridines is 1. The van der Waals surface area contributed by atoms with E-state index in [1.807, 2.05) is 36.4 Å². The summed E-state index contributed by atoms with van der Waals surface area (Å²) in [4.78, 5) is 24.9. The van der Waals surface area contributed by atoms with Gasteiger partial charge in [0.2, 0.25) is 5.78 Å². The van der Waals surface area contributed by atoms with Gasteiger partial charge in [0.05, 0.1) is 29.6 Å². The van der Waals surface area contributed by atoms with Crippen molar-refractivity contribution in [3.8, 4) is 11.5 Å². The molecule has 0 radical (unpaired) electrons. The van der Waals surface area contributed by atoms with Gasteiger partial charge in [0.25, 0.3) is 0 Å². The largest absolute Gasteiger partial charge is 0.457 e. The number of halogens is 1. The lowest BCUT2D eigenvalue weighted by molar-refractivity contribution is 0.106. The van der Waals surface area contributed by atoms with Gasteiger partial charge in [-0.15, -0.1) is 0 Å². The number of hydrogen-bond acceptors (Lipinski definition) is 7. The highest BCUT2D eigenvalue weighted by atomic mass is 35.5. The van der Waals surface area contributed by atoms with Gasteiger partial charge >= 0.3 is 0 Å². The van der Waals surface area contributed by atoms with Crippen LogP contribution in [0.3, 0.4) is 0 Å². The molecule has 7 nitrogen and oxygen atoms in total. The molecule has 2 aromatic carbocycles. The lowest BCUT2D eigenvalue weighted by Gasteiger charge is -2.24. The minimum absolute atomic E-state index is 0.0815. The van der Waals surface area contributed by atoms with Crippen LogP contribution in [0.5, 0.6) is 11.5 Å². The van der Waals surface area contributed by atoms with Crippen molar-refractivity contribution in [3.63, 3.8) is 0 Å². The SMILES string of the molecule is CCN1CC(NC2=C3C=CN=C3CN=C2C(=O)c2ccc(Oc3ccccc3)cc2Cl)CC1CO. The number of aliphatic imine (C=N–C) groups is 2. The molecule has 180 valence electrons. The number of carbonyl (C=O) groups excluding carboxylic acids is 1. The topological polar surface area (TPSA) is 86.5 Å². The molecule has 3 aliphatic rings. The predicted octanol–water partition coefficient (Wildman–Crippen LogP) is 4.04. The van der Waals surface area contributed by atoms with Gasteiger partial charge in [0.1, 0.15) is 17.2 Å². The predicted molar refractivity (Wildman–Crippen MR) is 138 cm³/mol. The average Bonchev–Trinajstić information content (AvgIpc) is 3.51. The Bertz CT molecular complexity index is 1240. The molecule has 0 saturated carbocycles. The minimum atomic E-state index is -0.250. The number of allylic oxidation sites excluding steroid dienone is 2. The van der Waals surface area contributed by atoms with Crippen molar-refractivity contribution in [1.82, 2.24) is 10.2 Å². The monoisotopic (exact) mass is 490 g/mol. The molecule has 5 rings (SSSR count). The van der Waals surface area contributed by atoms with Crippen LogP contribution in [-0.4, -0.2) is 65.5 Å². The third-order valence-corrected chi connectivity index (χ3v) is 6.86. The van der Waals surface area contributed by atoms with Gasteiger partial charge < -0.3 is 15.2 Å². The number of likely N-dealkylation sites (N-methyl/N-ethyl adjacent to an activating group) is 1. The maximum absolute atomic E-state index is 13.7. The highest BCUT2D eigenvalue weighted by Crippen LogP contribution is 2.30. The number of aliphatic hydroxyl groups is 1. The van der Waals surface area contributed by atoms with Crippen LogP contribution in [0.2, 0.25) is 5.02 Å². The summed E-state index contributed by atoms with van der Waals surface area (Å²) in [5, 5.41) is 13.6. The van der Waals surface area contributed by atoms with E-state index >= 15 is 0 Å². The summed E-state index contributed by atoms with van der Waals surface area (Å²) in [6.07, 6.45) is 4.43. The zero-order valence-electron chi connectivity index (χ0n) is 19.4. The number of ketones is 1.